The van der Waals surface area contributed by atoms with Gasteiger partial charge in [-0.25, -0.2) is 8.42 Å². The fourth-order valence-corrected chi connectivity index (χ4v) is 4.50. The van der Waals surface area contributed by atoms with E-state index in [0.29, 0.717) is 18.8 Å². The maximum absolute atomic E-state index is 13.2. The van der Waals surface area contributed by atoms with Crippen LogP contribution in [-0.2, 0) is 19.6 Å². The second kappa shape index (κ2) is 8.75. The first-order chi connectivity index (χ1) is 13.4. The molecule has 2 aromatic carbocycles. The van der Waals surface area contributed by atoms with Crippen molar-refractivity contribution in [3.63, 3.8) is 0 Å². The van der Waals surface area contributed by atoms with Crippen molar-refractivity contribution in [3.8, 4) is 0 Å². The Labute approximate surface area is 166 Å². The summed E-state index contributed by atoms with van der Waals surface area (Å²) in [6, 6.07) is 13.7. The molecule has 1 N–H and O–H groups in total. The van der Waals surface area contributed by atoms with Crippen molar-refractivity contribution in [2.24, 2.45) is 0 Å². The summed E-state index contributed by atoms with van der Waals surface area (Å²) in [7, 11) is -3.87. The number of ether oxygens (including phenoxy) is 1. The summed E-state index contributed by atoms with van der Waals surface area (Å²) in [5.41, 5.74) is 2.44. The van der Waals surface area contributed by atoms with Crippen molar-refractivity contribution >= 4 is 21.6 Å². The fourth-order valence-electron chi connectivity index (χ4n) is 3.08. The first-order valence-corrected chi connectivity index (χ1v) is 10.8. The minimum absolute atomic E-state index is 0.00507. The number of hydrogen-bond acceptors (Lipinski definition) is 4. The normalized spacial score (nSPS) is 16.7. The molecule has 28 heavy (non-hydrogen) atoms. The second-order valence-electron chi connectivity index (χ2n) is 7.10. The maximum atomic E-state index is 13.2. The van der Waals surface area contributed by atoms with Gasteiger partial charge in [0, 0.05) is 13.2 Å². The topological polar surface area (TPSA) is 75.7 Å². The van der Waals surface area contributed by atoms with Crippen LogP contribution >= 0.6 is 0 Å². The van der Waals surface area contributed by atoms with Gasteiger partial charge in [0.05, 0.1) is 16.7 Å². The number of benzene rings is 2. The van der Waals surface area contributed by atoms with Crippen LogP contribution in [0.25, 0.3) is 0 Å². The summed E-state index contributed by atoms with van der Waals surface area (Å²) >= 11 is 0. The molecule has 1 amide bonds. The van der Waals surface area contributed by atoms with Gasteiger partial charge in [-0.15, -0.1) is 0 Å². The highest BCUT2D eigenvalue weighted by molar-refractivity contribution is 7.92. The summed E-state index contributed by atoms with van der Waals surface area (Å²) in [5, 5.41) is 2.80. The number of nitrogens with zero attached hydrogens (tertiary/aromatic N) is 1. The van der Waals surface area contributed by atoms with Crippen LogP contribution in [0.15, 0.2) is 53.4 Å². The molecule has 2 aromatic rings. The lowest BCUT2D eigenvalue weighted by Gasteiger charge is -2.24. The summed E-state index contributed by atoms with van der Waals surface area (Å²) in [6.07, 6.45) is 1.90. The number of nitrogens with one attached hydrogen (secondary N) is 1. The average Bonchev–Trinajstić information content (AvgIpc) is 3.19. The molecule has 1 atom stereocenters. The second-order valence-corrected chi connectivity index (χ2v) is 8.96. The van der Waals surface area contributed by atoms with Crippen molar-refractivity contribution in [1.29, 1.82) is 0 Å². The number of anilines is 1. The van der Waals surface area contributed by atoms with Crippen LogP contribution in [0.1, 0.15) is 24.0 Å². The Bertz CT molecular complexity index is 902. The number of hydrogen-bond donors (Lipinski definition) is 1. The Morgan fingerprint density at radius 3 is 2.25 bits per heavy atom. The summed E-state index contributed by atoms with van der Waals surface area (Å²) in [5.74, 6) is -0.355. The highest BCUT2D eigenvalue weighted by atomic mass is 32.2. The van der Waals surface area contributed by atoms with E-state index in [2.05, 4.69) is 5.32 Å². The van der Waals surface area contributed by atoms with E-state index in [0.717, 1.165) is 28.3 Å². The van der Waals surface area contributed by atoms with Crippen molar-refractivity contribution < 1.29 is 17.9 Å². The van der Waals surface area contributed by atoms with Crippen LogP contribution in [-0.4, -0.2) is 40.1 Å². The van der Waals surface area contributed by atoms with E-state index in [9.17, 15) is 13.2 Å². The molecule has 0 aromatic heterocycles. The predicted octanol–water partition coefficient (Wildman–Crippen LogP) is 2.79. The monoisotopic (exact) mass is 402 g/mol. The van der Waals surface area contributed by atoms with Gasteiger partial charge in [0.15, 0.2) is 0 Å². The molecule has 0 radical (unpaired) electrons. The van der Waals surface area contributed by atoms with E-state index in [-0.39, 0.29) is 23.5 Å². The summed E-state index contributed by atoms with van der Waals surface area (Å²) < 4.78 is 33.2. The molecule has 7 heteroatoms. The number of carbonyl (C=O) groups is 1. The SMILES string of the molecule is Cc1ccc(N(CC(=O)NC[C@H]2CCCO2)S(=O)(=O)c2ccc(C)cc2)cc1. The number of amides is 1. The van der Waals surface area contributed by atoms with Crippen LogP contribution in [0.5, 0.6) is 0 Å². The van der Waals surface area contributed by atoms with Crippen LogP contribution in [0.4, 0.5) is 5.69 Å². The van der Waals surface area contributed by atoms with Crippen molar-refractivity contribution in [1.82, 2.24) is 5.32 Å². The Morgan fingerprint density at radius 1 is 1.07 bits per heavy atom. The van der Waals surface area contributed by atoms with E-state index in [1.54, 1.807) is 36.4 Å². The molecule has 1 aliphatic heterocycles. The molecule has 0 spiro atoms. The first-order valence-electron chi connectivity index (χ1n) is 9.40. The molecule has 3 rings (SSSR count). The zero-order chi connectivity index (χ0) is 20.1. The average molecular weight is 403 g/mol. The summed E-state index contributed by atoms with van der Waals surface area (Å²) in [6.45, 7) is 4.64. The minimum Gasteiger partial charge on any atom is -0.376 e. The Hall–Kier alpha value is -2.38. The third kappa shape index (κ3) is 4.91. The molecule has 6 nitrogen and oxygen atoms in total. The quantitative estimate of drug-likeness (QED) is 0.773. The van der Waals surface area contributed by atoms with Gasteiger partial charge in [-0.2, -0.15) is 0 Å². The molecule has 150 valence electrons. The molecule has 1 fully saturated rings. The van der Waals surface area contributed by atoms with Crippen molar-refractivity contribution in [2.75, 3.05) is 24.0 Å². The Kier molecular flexibility index (Phi) is 6.36. The molecular weight excluding hydrogens is 376 g/mol. The standard InChI is InChI=1S/C21H26N2O4S/c1-16-5-9-18(10-6-16)23(15-21(24)22-14-19-4-3-13-27-19)28(25,26)20-11-7-17(2)8-12-20/h5-12,19H,3-4,13-15H2,1-2H3,(H,22,24)/t19-/m1/s1. The molecule has 0 saturated carbocycles. The third-order valence-electron chi connectivity index (χ3n) is 4.77. The fraction of sp³-hybridized carbons (Fsp3) is 0.381. The van der Waals surface area contributed by atoms with Gasteiger partial charge in [0.2, 0.25) is 5.91 Å². The van der Waals surface area contributed by atoms with Gasteiger partial charge in [0.1, 0.15) is 6.54 Å². The Morgan fingerprint density at radius 2 is 1.68 bits per heavy atom. The van der Waals surface area contributed by atoms with Gasteiger partial charge in [-0.05, 0) is 51.0 Å². The van der Waals surface area contributed by atoms with Crippen molar-refractivity contribution in [2.45, 2.75) is 37.7 Å². The summed E-state index contributed by atoms with van der Waals surface area (Å²) in [4.78, 5) is 12.7. The van der Waals surface area contributed by atoms with Gasteiger partial charge in [0.25, 0.3) is 10.0 Å². The van der Waals surface area contributed by atoms with Gasteiger partial charge in [-0.1, -0.05) is 35.4 Å². The number of rotatable bonds is 7. The van der Waals surface area contributed by atoms with E-state index < -0.39 is 10.0 Å². The highest BCUT2D eigenvalue weighted by Crippen LogP contribution is 2.24. The molecule has 0 bridgehead atoms. The molecule has 1 heterocycles. The Balaban J connectivity index is 1.83. The van der Waals surface area contributed by atoms with Crippen LogP contribution in [0, 0.1) is 13.8 Å². The largest absolute Gasteiger partial charge is 0.376 e. The number of aryl methyl sites for hydroxylation is 2. The van der Waals surface area contributed by atoms with Crippen molar-refractivity contribution in [3.05, 3.63) is 59.7 Å². The lowest BCUT2D eigenvalue weighted by Crippen LogP contribution is -2.42. The van der Waals surface area contributed by atoms with E-state index in [4.69, 9.17) is 4.74 Å². The molecule has 0 aliphatic carbocycles. The first kappa shape index (κ1) is 20.4. The zero-order valence-corrected chi connectivity index (χ0v) is 17.0. The number of sulfonamides is 1. The lowest BCUT2D eigenvalue weighted by atomic mass is 10.2. The van der Waals surface area contributed by atoms with E-state index >= 15 is 0 Å². The maximum Gasteiger partial charge on any atom is 0.264 e. The molecule has 1 aliphatic rings. The van der Waals surface area contributed by atoms with Gasteiger partial charge in [-0.3, -0.25) is 9.10 Å². The number of carbonyl (C=O) groups excluding carboxylic acids is 1. The molecular formula is C21H26N2O4S. The zero-order valence-electron chi connectivity index (χ0n) is 16.2. The lowest BCUT2D eigenvalue weighted by molar-refractivity contribution is -0.120. The van der Waals surface area contributed by atoms with Crippen LogP contribution in [0.2, 0.25) is 0 Å². The highest BCUT2D eigenvalue weighted by Gasteiger charge is 2.27. The smallest absolute Gasteiger partial charge is 0.264 e. The minimum atomic E-state index is -3.87. The van der Waals surface area contributed by atoms with Gasteiger partial charge >= 0.3 is 0 Å². The van der Waals surface area contributed by atoms with E-state index in [1.807, 2.05) is 26.0 Å². The van der Waals surface area contributed by atoms with Gasteiger partial charge < -0.3 is 10.1 Å². The molecule has 1 saturated heterocycles. The van der Waals surface area contributed by atoms with Crippen LogP contribution in [0.3, 0.4) is 0 Å². The predicted molar refractivity (Wildman–Crippen MR) is 109 cm³/mol. The van der Waals surface area contributed by atoms with E-state index in [1.165, 1.54) is 0 Å². The third-order valence-corrected chi connectivity index (χ3v) is 6.56. The van der Waals surface area contributed by atoms with Crippen LogP contribution < -0.4 is 9.62 Å². The molecule has 0 unspecified atom stereocenters.